The van der Waals surface area contributed by atoms with E-state index in [-0.39, 0.29) is 4.90 Å². The molecule has 0 aliphatic carbocycles. The molecule has 1 fully saturated rings. The summed E-state index contributed by atoms with van der Waals surface area (Å²) in [6.07, 6.45) is 2.49. The first-order valence-electron chi connectivity index (χ1n) is 10.2. The van der Waals surface area contributed by atoms with E-state index in [2.05, 4.69) is 33.9 Å². The highest BCUT2D eigenvalue weighted by Crippen LogP contribution is 2.18. The van der Waals surface area contributed by atoms with Gasteiger partial charge in [0.15, 0.2) is 0 Å². The number of benzene rings is 2. The lowest BCUT2D eigenvalue weighted by atomic mass is 10.1. The third kappa shape index (κ3) is 6.45. The summed E-state index contributed by atoms with van der Waals surface area (Å²) < 4.78 is 38.4. The predicted octanol–water partition coefficient (Wildman–Crippen LogP) is 3.22. The van der Waals surface area contributed by atoms with Gasteiger partial charge in [0.05, 0.1) is 24.7 Å². The first-order valence-corrected chi connectivity index (χ1v) is 11.7. The molecule has 6 nitrogen and oxygen atoms in total. The Balaban J connectivity index is 1.44. The topological polar surface area (TPSA) is 67.9 Å². The van der Waals surface area contributed by atoms with Crippen LogP contribution in [0, 0.1) is 0 Å². The van der Waals surface area contributed by atoms with Gasteiger partial charge in [0.2, 0.25) is 10.0 Å². The van der Waals surface area contributed by atoms with Gasteiger partial charge < -0.3 is 14.4 Å². The van der Waals surface area contributed by atoms with Gasteiger partial charge in [-0.05, 0) is 61.2 Å². The van der Waals surface area contributed by atoms with E-state index in [1.807, 2.05) is 6.92 Å². The normalized spacial score (nSPS) is 14.7. The van der Waals surface area contributed by atoms with Crippen LogP contribution >= 0.6 is 0 Å². The van der Waals surface area contributed by atoms with Crippen LogP contribution in [-0.2, 0) is 21.2 Å². The number of sulfonamides is 1. The molecule has 0 bridgehead atoms. The summed E-state index contributed by atoms with van der Waals surface area (Å²) in [4.78, 5) is 2.58. The van der Waals surface area contributed by atoms with E-state index in [0.717, 1.165) is 45.6 Å². The standard InChI is InChI=1S/C22H30N2O4S/c1-2-16-28-21-9-11-22(12-10-21)29(25,26)23-13-3-4-19-5-7-20(8-6-19)24-14-17-27-18-15-24/h5-12,23H,2-4,13-18H2,1H3. The monoisotopic (exact) mass is 418 g/mol. The highest BCUT2D eigenvalue weighted by Gasteiger charge is 2.13. The second-order valence-corrected chi connectivity index (χ2v) is 8.85. The van der Waals surface area contributed by atoms with E-state index in [1.165, 1.54) is 11.3 Å². The molecule has 3 rings (SSSR count). The van der Waals surface area contributed by atoms with Gasteiger partial charge in [-0.25, -0.2) is 13.1 Å². The molecule has 1 saturated heterocycles. The van der Waals surface area contributed by atoms with Crippen LogP contribution in [0.25, 0.3) is 0 Å². The van der Waals surface area contributed by atoms with Crippen molar-refractivity contribution in [3.63, 3.8) is 0 Å². The molecule has 1 aliphatic rings. The molecule has 158 valence electrons. The molecule has 0 radical (unpaired) electrons. The quantitative estimate of drug-likeness (QED) is 0.600. The molecule has 0 atom stereocenters. The SMILES string of the molecule is CCCOc1ccc(S(=O)(=O)NCCCc2ccc(N3CCOCC3)cc2)cc1. The van der Waals surface area contributed by atoms with Gasteiger partial charge in [0, 0.05) is 25.3 Å². The minimum absolute atomic E-state index is 0.260. The van der Waals surface area contributed by atoms with Gasteiger partial charge in [-0.15, -0.1) is 0 Å². The number of aryl methyl sites for hydroxylation is 1. The van der Waals surface area contributed by atoms with Crippen molar-refractivity contribution in [1.29, 1.82) is 0 Å². The second-order valence-electron chi connectivity index (χ2n) is 7.09. The zero-order valence-electron chi connectivity index (χ0n) is 17.0. The molecular weight excluding hydrogens is 388 g/mol. The van der Waals surface area contributed by atoms with Gasteiger partial charge in [-0.2, -0.15) is 0 Å². The van der Waals surface area contributed by atoms with Crippen LogP contribution in [0.2, 0.25) is 0 Å². The van der Waals surface area contributed by atoms with Crippen molar-refractivity contribution in [2.24, 2.45) is 0 Å². The summed E-state index contributed by atoms with van der Waals surface area (Å²) in [6, 6.07) is 15.1. The van der Waals surface area contributed by atoms with Crippen LogP contribution in [0.3, 0.4) is 0 Å². The number of nitrogens with zero attached hydrogens (tertiary/aromatic N) is 1. The molecule has 7 heteroatoms. The van der Waals surface area contributed by atoms with Gasteiger partial charge >= 0.3 is 0 Å². The van der Waals surface area contributed by atoms with Crippen LogP contribution in [0.4, 0.5) is 5.69 Å². The molecule has 1 heterocycles. The Bertz CT molecular complexity index is 845. The highest BCUT2D eigenvalue weighted by atomic mass is 32.2. The summed E-state index contributed by atoms with van der Waals surface area (Å²) in [5.74, 6) is 0.686. The third-order valence-corrected chi connectivity index (χ3v) is 6.33. The fourth-order valence-corrected chi connectivity index (χ4v) is 4.29. The van der Waals surface area contributed by atoms with Crippen molar-refractivity contribution in [3.8, 4) is 5.75 Å². The zero-order valence-corrected chi connectivity index (χ0v) is 17.8. The molecule has 0 saturated carbocycles. The van der Waals surface area contributed by atoms with Crippen LogP contribution in [0.5, 0.6) is 5.75 Å². The summed E-state index contributed by atoms with van der Waals surface area (Å²) >= 11 is 0. The van der Waals surface area contributed by atoms with E-state index in [0.29, 0.717) is 18.9 Å². The van der Waals surface area contributed by atoms with Crippen LogP contribution < -0.4 is 14.4 Å². The number of anilines is 1. The van der Waals surface area contributed by atoms with E-state index >= 15 is 0 Å². The average molecular weight is 419 g/mol. The van der Waals surface area contributed by atoms with Gasteiger partial charge in [0.1, 0.15) is 5.75 Å². The molecule has 1 aliphatic heterocycles. The molecule has 2 aromatic rings. The van der Waals surface area contributed by atoms with Crippen LogP contribution in [0.15, 0.2) is 53.4 Å². The number of rotatable bonds is 10. The predicted molar refractivity (Wildman–Crippen MR) is 115 cm³/mol. The second kappa shape index (κ2) is 10.6. The highest BCUT2D eigenvalue weighted by molar-refractivity contribution is 7.89. The smallest absolute Gasteiger partial charge is 0.240 e. The Morgan fingerprint density at radius 2 is 1.72 bits per heavy atom. The number of nitrogens with one attached hydrogen (secondary N) is 1. The zero-order chi connectivity index (χ0) is 20.5. The molecule has 0 spiro atoms. The Hall–Kier alpha value is -2.09. The van der Waals surface area contributed by atoms with Crippen molar-refractivity contribution in [1.82, 2.24) is 4.72 Å². The summed E-state index contributed by atoms with van der Waals surface area (Å²) in [5, 5.41) is 0. The number of ether oxygens (including phenoxy) is 2. The van der Waals surface area contributed by atoms with Crippen molar-refractivity contribution < 1.29 is 17.9 Å². The Labute approximate surface area is 173 Å². The first-order chi connectivity index (χ1) is 14.1. The lowest BCUT2D eigenvalue weighted by Gasteiger charge is -2.28. The Kier molecular flexibility index (Phi) is 7.91. The maximum atomic E-state index is 12.4. The van der Waals surface area contributed by atoms with Crippen molar-refractivity contribution in [2.75, 3.05) is 44.4 Å². The molecular formula is C22H30N2O4S. The lowest BCUT2D eigenvalue weighted by Crippen LogP contribution is -2.36. The fraction of sp³-hybridized carbons (Fsp3) is 0.455. The van der Waals surface area contributed by atoms with E-state index in [9.17, 15) is 8.42 Å². The average Bonchev–Trinajstić information content (AvgIpc) is 2.76. The van der Waals surface area contributed by atoms with E-state index < -0.39 is 10.0 Å². The van der Waals surface area contributed by atoms with Crippen molar-refractivity contribution >= 4 is 15.7 Å². The summed E-state index contributed by atoms with van der Waals surface area (Å²) in [7, 11) is -3.50. The van der Waals surface area contributed by atoms with Crippen LogP contribution in [0.1, 0.15) is 25.3 Å². The summed E-state index contributed by atoms with van der Waals surface area (Å²) in [5.41, 5.74) is 2.42. The van der Waals surface area contributed by atoms with Crippen molar-refractivity contribution in [3.05, 3.63) is 54.1 Å². The Morgan fingerprint density at radius 1 is 1.03 bits per heavy atom. The van der Waals surface area contributed by atoms with Gasteiger partial charge in [-0.1, -0.05) is 19.1 Å². The third-order valence-electron chi connectivity index (χ3n) is 4.85. The maximum absolute atomic E-state index is 12.4. The first kappa shape index (κ1) is 21.6. The number of hydrogen-bond acceptors (Lipinski definition) is 5. The van der Waals surface area contributed by atoms with Crippen LogP contribution in [-0.4, -0.2) is 47.9 Å². The molecule has 2 aromatic carbocycles. The minimum Gasteiger partial charge on any atom is -0.494 e. The maximum Gasteiger partial charge on any atom is 0.240 e. The van der Waals surface area contributed by atoms with Gasteiger partial charge in [0.25, 0.3) is 0 Å². The van der Waals surface area contributed by atoms with E-state index in [4.69, 9.17) is 9.47 Å². The largest absolute Gasteiger partial charge is 0.494 e. The lowest BCUT2D eigenvalue weighted by molar-refractivity contribution is 0.122. The van der Waals surface area contributed by atoms with Crippen molar-refractivity contribution in [2.45, 2.75) is 31.1 Å². The molecule has 29 heavy (non-hydrogen) atoms. The van der Waals surface area contributed by atoms with E-state index in [1.54, 1.807) is 24.3 Å². The minimum atomic E-state index is -3.50. The molecule has 0 aromatic heterocycles. The molecule has 1 N–H and O–H groups in total. The Morgan fingerprint density at radius 3 is 2.38 bits per heavy atom. The molecule has 0 amide bonds. The fourth-order valence-electron chi connectivity index (χ4n) is 3.21. The number of morpholine rings is 1. The number of hydrogen-bond donors (Lipinski definition) is 1. The summed E-state index contributed by atoms with van der Waals surface area (Å²) in [6.45, 7) is 6.45. The van der Waals surface area contributed by atoms with Gasteiger partial charge in [-0.3, -0.25) is 0 Å². The molecule has 0 unspecified atom stereocenters.